The SMILES string of the molecule is CCNC(=NCC1CCCN1CCOC)NCCCOc1ccccc1. The first kappa shape index (κ1) is 20.5. The topological polar surface area (TPSA) is 58.1 Å². The first-order valence-electron chi connectivity index (χ1n) is 9.76. The van der Waals surface area contributed by atoms with E-state index < -0.39 is 0 Å². The van der Waals surface area contributed by atoms with Gasteiger partial charge < -0.3 is 20.1 Å². The minimum atomic E-state index is 0.530. The van der Waals surface area contributed by atoms with Crippen LogP contribution in [0.15, 0.2) is 35.3 Å². The third kappa shape index (κ3) is 7.62. The van der Waals surface area contributed by atoms with E-state index >= 15 is 0 Å². The van der Waals surface area contributed by atoms with Gasteiger partial charge >= 0.3 is 0 Å². The van der Waals surface area contributed by atoms with Gasteiger partial charge in [0.05, 0.1) is 19.8 Å². The van der Waals surface area contributed by atoms with E-state index in [1.807, 2.05) is 30.3 Å². The molecule has 1 atom stereocenters. The first-order chi connectivity index (χ1) is 12.8. The Morgan fingerprint density at radius 2 is 2.08 bits per heavy atom. The van der Waals surface area contributed by atoms with Crippen LogP contribution in [0.2, 0.25) is 0 Å². The lowest BCUT2D eigenvalue weighted by Crippen LogP contribution is -2.40. The number of guanidine groups is 1. The second-order valence-electron chi connectivity index (χ2n) is 6.49. The number of nitrogens with one attached hydrogen (secondary N) is 2. The highest BCUT2D eigenvalue weighted by atomic mass is 16.5. The Morgan fingerprint density at radius 3 is 2.85 bits per heavy atom. The maximum Gasteiger partial charge on any atom is 0.191 e. The highest BCUT2D eigenvalue weighted by Crippen LogP contribution is 2.16. The van der Waals surface area contributed by atoms with Gasteiger partial charge in [-0.15, -0.1) is 0 Å². The number of methoxy groups -OCH3 is 1. The van der Waals surface area contributed by atoms with E-state index in [0.29, 0.717) is 12.6 Å². The van der Waals surface area contributed by atoms with Crippen LogP contribution in [-0.2, 0) is 4.74 Å². The monoisotopic (exact) mass is 362 g/mol. The van der Waals surface area contributed by atoms with E-state index in [-0.39, 0.29) is 0 Å². The van der Waals surface area contributed by atoms with Crippen LogP contribution in [0.3, 0.4) is 0 Å². The molecule has 1 aliphatic heterocycles. The van der Waals surface area contributed by atoms with E-state index in [0.717, 1.165) is 57.5 Å². The molecule has 2 rings (SSSR count). The molecule has 0 spiro atoms. The fourth-order valence-corrected chi connectivity index (χ4v) is 3.13. The number of likely N-dealkylation sites (tertiary alicyclic amines) is 1. The molecule has 1 aliphatic rings. The lowest BCUT2D eigenvalue weighted by Gasteiger charge is -2.23. The number of hydrogen-bond acceptors (Lipinski definition) is 4. The van der Waals surface area contributed by atoms with Crippen LogP contribution < -0.4 is 15.4 Å². The molecule has 0 aromatic heterocycles. The summed E-state index contributed by atoms with van der Waals surface area (Å²) in [4.78, 5) is 7.27. The van der Waals surface area contributed by atoms with Crippen molar-refractivity contribution in [2.75, 3.05) is 53.0 Å². The lowest BCUT2D eigenvalue weighted by molar-refractivity contribution is 0.142. The smallest absolute Gasteiger partial charge is 0.191 e. The van der Waals surface area contributed by atoms with E-state index in [2.05, 4.69) is 22.5 Å². The summed E-state index contributed by atoms with van der Waals surface area (Å²) in [6, 6.07) is 10.5. The molecule has 0 radical (unpaired) electrons. The Hall–Kier alpha value is -1.79. The third-order valence-corrected chi connectivity index (χ3v) is 4.51. The third-order valence-electron chi connectivity index (χ3n) is 4.51. The minimum Gasteiger partial charge on any atom is -0.494 e. The van der Waals surface area contributed by atoms with Gasteiger partial charge in [-0.1, -0.05) is 18.2 Å². The van der Waals surface area contributed by atoms with Crippen LogP contribution in [0.25, 0.3) is 0 Å². The van der Waals surface area contributed by atoms with Crippen LogP contribution in [0, 0.1) is 0 Å². The van der Waals surface area contributed by atoms with Crippen LogP contribution in [0.5, 0.6) is 5.75 Å². The summed E-state index contributed by atoms with van der Waals surface area (Å²) < 4.78 is 10.9. The molecule has 1 fully saturated rings. The number of aliphatic imine (C=N–C) groups is 1. The Kier molecular flexibility index (Phi) is 9.90. The van der Waals surface area contributed by atoms with Crippen molar-refractivity contribution in [1.29, 1.82) is 0 Å². The molecule has 1 aromatic carbocycles. The van der Waals surface area contributed by atoms with Gasteiger partial charge in [0, 0.05) is 32.8 Å². The largest absolute Gasteiger partial charge is 0.494 e. The van der Waals surface area contributed by atoms with Crippen molar-refractivity contribution in [3.8, 4) is 5.75 Å². The summed E-state index contributed by atoms with van der Waals surface area (Å²) in [7, 11) is 1.76. The summed E-state index contributed by atoms with van der Waals surface area (Å²) in [5, 5.41) is 6.73. The second kappa shape index (κ2) is 12.5. The van der Waals surface area contributed by atoms with Gasteiger partial charge in [0.15, 0.2) is 5.96 Å². The number of nitrogens with zero attached hydrogens (tertiary/aromatic N) is 2. The van der Waals surface area contributed by atoms with Gasteiger partial charge in [-0.2, -0.15) is 0 Å². The predicted octanol–water partition coefficient (Wildman–Crippen LogP) is 2.12. The van der Waals surface area contributed by atoms with Gasteiger partial charge in [0.1, 0.15) is 5.75 Å². The van der Waals surface area contributed by atoms with E-state index in [1.54, 1.807) is 7.11 Å². The van der Waals surface area contributed by atoms with E-state index in [1.165, 1.54) is 12.8 Å². The second-order valence-corrected chi connectivity index (χ2v) is 6.49. The number of rotatable bonds is 11. The van der Waals surface area contributed by atoms with E-state index in [4.69, 9.17) is 14.5 Å². The number of para-hydroxylation sites is 1. The van der Waals surface area contributed by atoms with Crippen molar-refractivity contribution in [3.63, 3.8) is 0 Å². The first-order valence-corrected chi connectivity index (χ1v) is 9.76. The van der Waals surface area contributed by atoms with Gasteiger partial charge in [-0.25, -0.2) is 0 Å². The number of benzene rings is 1. The molecule has 26 heavy (non-hydrogen) atoms. The fraction of sp³-hybridized carbons (Fsp3) is 0.650. The molecular formula is C20H34N4O2. The van der Waals surface area contributed by atoms with Crippen molar-refractivity contribution < 1.29 is 9.47 Å². The van der Waals surface area contributed by atoms with Crippen LogP contribution in [0.4, 0.5) is 0 Å². The summed E-state index contributed by atoms with van der Waals surface area (Å²) in [6.45, 7) is 8.28. The number of ether oxygens (including phenoxy) is 2. The summed E-state index contributed by atoms with van der Waals surface area (Å²) in [6.07, 6.45) is 3.41. The maximum absolute atomic E-state index is 5.72. The van der Waals surface area contributed by atoms with Crippen LogP contribution in [-0.4, -0.2) is 69.9 Å². The summed E-state index contributed by atoms with van der Waals surface area (Å²) in [5.41, 5.74) is 0. The lowest BCUT2D eigenvalue weighted by atomic mass is 10.2. The molecule has 2 N–H and O–H groups in total. The molecule has 6 heteroatoms. The van der Waals surface area contributed by atoms with Crippen LogP contribution >= 0.6 is 0 Å². The highest BCUT2D eigenvalue weighted by Gasteiger charge is 2.23. The minimum absolute atomic E-state index is 0.530. The van der Waals surface area contributed by atoms with E-state index in [9.17, 15) is 0 Å². The zero-order chi connectivity index (χ0) is 18.5. The molecular weight excluding hydrogens is 328 g/mol. The average Bonchev–Trinajstić information content (AvgIpc) is 3.12. The zero-order valence-electron chi connectivity index (χ0n) is 16.2. The fourth-order valence-electron chi connectivity index (χ4n) is 3.13. The quantitative estimate of drug-likeness (QED) is 0.359. The Morgan fingerprint density at radius 1 is 1.23 bits per heavy atom. The Bertz CT molecular complexity index is 510. The predicted molar refractivity (Wildman–Crippen MR) is 107 cm³/mol. The molecule has 0 amide bonds. The summed E-state index contributed by atoms with van der Waals surface area (Å²) in [5.74, 6) is 1.82. The standard InChI is InChI=1S/C20H34N4O2/c1-3-21-20(22-12-8-15-26-19-10-5-4-6-11-19)23-17-18-9-7-13-24(18)14-16-25-2/h4-6,10-11,18H,3,7-9,12-17H2,1-2H3,(H2,21,22,23). The molecule has 1 unspecified atom stereocenters. The molecule has 6 nitrogen and oxygen atoms in total. The molecule has 1 saturated heterocycles. The van der Waals surface area contributed by atoms with Crippen LogP contribution in [0.1, 0.15) is 26.2 Å². The Balaban J connectivity index is 1.68. The molecule has 0 bridgehead atoms. The van der Waals surface area contributed by atoms with Crippen molar-refractivity contribution in [3.05, 3.63) is 30.3 Å². The van der Waals surface area contributed by atoms with Crippen molar-refractivity contribution in [2.45, 2.75) is 32.2 Å². The summed E-state index contributed by atoms with van der Waals surface area (Å²) >= 11 is 0. The van der Waals surface area contributed by atoms with Crippen molar-refractivity contribution in [1.82, 2.24) is 15.5 Å². The maximum atomic E-state index is 5.72. The average molecular weight is 363 g/mol. The molecule has 1 aromatic rings. The van der Waals surface area contributed by atoms with Crippen molar-refractivity contribution in [2.24, 2.45) is 4.99 Å². The van der Waals surface area contributed by atoms with Gasteiger partial charge in [-0.05, 0) is 44.9 Å². The number of hydrogen-bond donors (Lipinski definition) is 2. The zero-order valence-corrected chi connectivity index (χ0v) is 16.2. The van der Waals surface area contributed by atoms with Crippen molar-refractivity contribution >= 4 is 5.96 Å². The molecule has 1 heterocycles. The van der Waals surface area contributed by atoms with Gasteiger partial charge in [0.25, 0.3) is 0 Å². The normalized spacial score (nSPS) is 18.1. The Labute approximate surface area is 158 Å². The molecule has 146 valence electrons. The molecule has 0 aliphatic carbocycles. The van der Waals surface area contributed by atoms with Gasteiger partial charge in [0.2, 0.25) is 0 Å². The highest BCUT2D eigenvalue weighted by molar-refractivity contribution is 5.79. The van der Waals surface area contributed by atoms with Gasteiger partial charge in [-0.3, -0.25) is 9.89 Å². The molecule has 0 saturated carbocycles.